The molecule has 1 aromatic heterocycles. The summed E-state index contributed by atoms with van der Waals surface area (Å²) in [4.78, 5) is 39.5. The lowest BCUT2D eigenvalue weighted by Crippen LogP contribution is -2.29. The molecule has 0 spiro atoms. The van der Waals surface area contributed by atoms with Gasteiger partial charge in [0.05, 0.1) is 17.0 Å². The predicted molar refractivity (Wildman–Crippen MR) is 127 cm³/mol. The smallest absolute Gasteiger partial charge is 0.291 e. The van der Waals surface area contributed by atoms with E-state index in [9.17, 15) is 18.8 Å². The lowest BCUT2D eigenvalue weighted by atomic mass is 9.98. The monoisotopic (exact) mass is 492 g/mol. The van der Waals surface area contributed by atoms with E-state index in [0.717, 1.165) is 0 Å². The third kappa shape index (κ3) is 4.24. The summed E-state index contributed by atoms with van der Waals surface area (Å²) in [6, 6.07) is 16.3. The summed E-state index contributed by atoms with van der Waals surface area (Å²) in [7, 11) is 0. The van der Waals surface area contributed by atoms with Crippen molar-refractivity contribution in [2.45, 2.75) is 12.6 Å². The van der Waals surface area contributed by atoms with Gasteiger partial charge in [-0.15, -0.1) is 0 Å². The van der Waals surface area contributed by atoms with Crippen LogP contribution >= 0.6 is 11.6 Å². The first-order valence-electron chi connectivity index (χ1n) is 10.6. The number of halogens is 2. The van der Waals surface area contributed by atoms with Crippen molar-refractivity contribution in [1.82, 2.24) is 4.90 Å². The maximum absolute atomic E-state index is 13.6. The number of carbonyl (C=O) groups is 2. The Bertz CT molecular complexity index is 1520. The van der Waals surface area contributed by atoms with Gasteiger partial charge < -0.3 is 19.8 Å². The number of fused-ring (bicyclic) bond motifs is 2. The molecule has 0 fully saturated rings. The van der Waals surface area contributed by atoms with Gasteiger partial charge in [0.15, 0.2) is 12.0 Å². The van der Waals surface area contributed by atoms with E-state index in [4.69, 9.17) is 26.5 Å². The van der Waals surface area contributed by atoms with Gasteiger partial charge in [-0.05, 0) is 53.6 Å². The van der Waals surface area contributed by atoms with Crippen LogP contribution in [0.5, 0.6) is 5.75 Å². The van der Waals surface area contributed by atoms with Crippen LogP contribution in [-0.2, 0) is 11.3 Å². The molecule has 1 aliphatic heterocycles. The van der Waals surface area contributed by atoms with Crippen LogP contribution in [0.4, 0.5) is 4.39 Å². The fourth-order valence-electron chi connectivity index (χ4n) is 4.19. The van der Waals surface area contributed by atoms with Crippen LogP contribution in [0.1, 0.15) is 33.3 Å². The number of carbonyl (C=O) groups excluding carboxylic acids is 2. The van der Waals surface area contributed by atoms with Crippen LogP contribution in [0.2, 0.25) is 5.02 Å². The molecule has 0 aliphatic carbocycles. The fraction of sp³-hybridized carbons (Fsp3) is 0.115. The minimum atomic E-state index is -0.771. The normalized spacial score (nSPS) is 14.9. The zero-order valence-corrected chi connectivity index (χ0v) is 18.9. The van der Waals surface area contributed by atoms with E-state index in [-0.39, 0.29) is 40.9 Å². The number of nitrogens with two attached hydrogens (primary N) is 1. The number of amides is 2. The molecule has 0 saturated carbocycles. The second-order valence-corrected chi connectivity index (χ2v) is 8.54. The van der Waals surface area contributed by atoms with Gasteiger partial charge in [-0.2, -0.15) is 0 Å². The molecule has 1 aliphatic rings. The summed E-state index contributed by atoms with van der Waals surface area (Å²) in [5.41, 5.74) is 6.51. The van der Waals surface area contributed by atoms with Gasteiger partial charge in [0, 0.05) is 11.6 Å². The van der Waals surface area contributed by atoms with Crippen LogP contribution in [0.25, 0.3) is 11.0 Å². The van der Waals surface area contributed by atoms with Crippen LogP contribution in [0.15, 0.2) is 75.9 Å². The highest BCUT2D eigenvalue weighted by atomic mass is 35.5. The van der Waals surface area contributed by atoms with E-state index >= 15 is 0 Å². The van der Waals surface area contributed by atoms with Gasteiger partial charge in [0.1, 0.15) is 17.1 Å². The van der Waals surface area contributed by atoms with Gasteiger partial charge >= 0.3 is 0 Å². The molecule has 2 heterocycles. The largest absolute Gasteiger partial charge is 0.484 e. The molecule has 4 aromatic rings. The Morgan fingerprint density at radius 2 is 1.77 bits per heavy atom. The zero-order chi connectivity index (χ0) is 24.7. The highest BCUT2D eigenvalue weighted by Gasteiger charge is 2.42. The molecule has 176 valence electrons. The summed E-state index contributed by atoms with van der Waals surface area (Å²) in [5, 5.41) is 0.629. The quantitative estimate of drug-likeness (QED) is 0.434. The average molecular weight is 493 g/mol. The minimum Gasteiger partial charge on any atom is -0.484 e. The van der Waals surface area contributed by atoms with Crippen molar-refractivity contribution >= 4 is 34.4 Å². The van der Waals surface area contributed by atoms with Gasteiger partial charge in [0.25, 0.3) is 11.8 Å². The van der Waals surface area contributed by atoms with Crippen LogP contribution in [-0.4, -0.2) is 23.3 Å². The second-order valence-electron chi connectivity index (χ2n) is 8.10. The summed E-state index contributed by atoms with van der Waals surface area (Å²) in [5.74, 6) is -1.12. The van der Waals surface area contributed by atoms with Gasteiger partial charge in [-0.1, -0.05) is 35.9 Å². The number of ether oxygens (including phenoxy) is 1. The van der Waals surface area contributed by atoms with E-state index < -0.39 is 23.7 Å². The Morgan fingerprint density at radius 1 is 1.06 bits per heavy atom. The van der Waals surface area contributed by atoms with Crippen molar-refractivity contribution in [3.8, 4) is 5.75 Å². The molecule has 0 radical (unpaired) electrons. The van der Waals surface area contributed by atoms with E-state index in [0.29, 0.717) is 21.9 Å². The molecule has 1 atom stereocenters. The summed E-state index contributed by atoms with van der Waals surface area (Å²) in [6.07, 6.45) is 0. The molecule has 0 bridgehead atoms. The van der Waals surface area contributed by atoms with E-state index in [1.54, 1.807) is 48.5 Å². The third-order valence-corrected chi connectivity index (χ3v) is 6.01. The molecule has 3 aromatic carbocycles. The number of nitrogens with zero attached hydrogens (tertiary/aromatic N) is 1. The molecule has 1 unspecified atom stereocenters. The topological polar surface area (TPSA) is 103 Å². The summed E-state index contributed by atoms with van der Waals surface area (Å²) < 4.78 is 24.7. The molecule has 9 heteroatoms. The standard InChI is InChI=1S/C26H18ClFN2O5/c27-16-5-10-20-19(11-16)24(32)22-23(15-3-8-18(9-4-15)34-13-21(29)31)30(26(33)25(22)35-20)12-14-1-6-17(28)7-2-14/h1-11,23H,12-13H2,(H2,29,31). The highest BCUT2D eigenvalue weighted by Crippen LogP contribution is 2.39. The molecule has 7 nitrogen and oxygen atoms in total. The fourth-order valence-corrected chi connectivity index (χ4v) is 4.36. The van der Waals surface area contributed by atoms with Gasteiger partial charge in [-0.3, -0.25) is 14.4 Å². The Kier molecular flexibility index (Phi) is 5.74. The lowest BCUT2D eigenvalue weighted by Gasteiger charge is -2.25. The Morgan fingerprint density at radius 3 is 2.46 bits per heavy atom. The van der Waals surface area contributed by atoms with Crippen molar-refractivity contribution in [1.29, 1.82) is 0 Å². The van der Waals surface area contributed by atoms with Crippen LogP contribution in [0.3, 0.4) is 0 Å². The number of hydrogen-bond donors (Lipinski definition) is 1. The van der Waals surface area contributed by atoms with Gasteiger partial charge in [-0.25, -0.2) is 4.39 Å². The molecule has 0 saturated heterocycles. The molecular weight excluding hydrogens is 475 g/mol. The average Bonchev–Trinajstić information content (AvgIpc) is 3.11. The molecular formula is C26H18ClFN2O5. The first-order chi connectivity index (χ1) is 16.8. The molecule has 5 rings (SSSR count). The van der Waals surface area contributed by atoms with Crippen LogP contribution < -0.4 is 15.9 Å². The van der Waals surface area contributed by atoms with E-state index in [1.807, 2.05) is 0 Å². The maximum Gasteiger partial charge on any atom is 0.291 e. The Hall–Kier alpha value is -4.17. The van der Waals surface area contributed by atoms with Crippen molar-refractivity contribution in [2.24, 2.45) is 5.73 Å². The Labute approximate surface area is 203 Å². The summed E-state index contributed by atoms with van der Waals surface area (Å²) >= 11 is 6.11. The van der Waals surface area contributed by atoms with Gasteiger partial charge in [0.2, 0.25) is 5.76 Å². The van der Waals surface area contributed by atoms with Crippen LogP contribution in [0, 0.1) is 5.82 Å². The SMILES string of the molecule is NC(=O)COc1ccc(C2c3c(oc4ccc(Cl)cc4c3=O)C(=O)N2Cc2ccc(F)cc2)cc1. The first kappa shape index (κ1) is 22.6. The molecule has 2 N–H and O–H groups in total. The van der Waals surface area contributed by atoms with Crippen molar-refractivity contribution in [3.05, 3.63) is 110 Å². The molecule has 35 heavy (non-hydrogen) atoms. The third-order valence-electron chi connectivity index (χ3n) is 5.77. The first-order valence-corrected chi connectivity index (χ1v) is 11.0. The highest BCUT2D eigenvalue weighted by molar-refractivity contribution is 6.31. The molecule has 2 amide bonds. The zero-order valence-electron chi connectivity index (χ0n) is 18.2. The number of rotatable bonds is 6. The summed E-state index contributed by atoms with van der Waals surface area (Å²) in [6.45, 7) is -0.165. The maximum atomic E-state index is 13.6. The van der Waals surface area contributed by atoms with Crippen molar-refractivity contribution < 1.29 is 23.1 Å². The minimum absolute atomic E-state index is 0.0500. The number of hydrogen-bond acceptors (Lipinski definition) is 5. The van der Waals surface area contributed by atoms with Crippen molar-refractivity contribution in [3.63, 3.8) is 0 Å². The van der Waals surface area contributed by atoms with Crippen molar-refractivity contribution in [2.75, 3.05) is 6.61 Å². The lowest BCUT2D eigenvalue weighted by molar-refractivity contribution is -0.119. The second kappa shape index (κ2) is 8.88. The van der Waals surface area contributed by atoms with E-state index in [2.05, 4.69) is 0 Å². The van der Waals surface area contributed by atoms with E-state index in [1.165, 1.54) is 23.1 Å². The predicted octanol–water partition coefficient (Wildman–Crippen LogP) is 4.20. The Balaban J connectivity index is 1.63. The number of primary amides is 1. The number of benzene rings is 3.